The number of nitrogens with one attached hydrogen (secondary N) is 1. The van der Waals surface area contributed by atoms with Gasteiger partial charge >= 0.3 is 6.03 Å². The first kappa shape index (κ1) is 32.2. The molecule has 1 unspecified atom stereocenters. The van der Waals surface area contributed by atoms with Crippen molar-refractivity contribution in [1.29, 1.82) is 0 Å². The molecule has 5 atom stereocenters. The van der Waals surface area contributed by atoms with Gasteiger partial charge in [-0.3, -0.25) is 0 Å². The Hall–Kier alpha value is -2.15. The van der Waals surface area contributed by atoms with Crippen LogP contribution in [-0.2, 0) is 0 Å². The highest BCUT2D eigenvalue weighted by molar-refractivity contribution is 6.98. The van der Waals surface area contributed by atoms with Crippen molar-refractivity contribution in [3.05, 3.63) is 60.7 Å². The molecular formula is C37H57N3O2Si. The third-order valence-electron chi connectivity index (χ3n) is 12.4. The summed E-state index contributed by atoms with van der Waals surface area (Å²) in [4.78, 5) is 30.7. The lowest BCUT2D eigenvalue weighted by Gasteiger charge is -2.61. The minimum Gasteiger partial charge on any atom is -0.424 e. The van der Waals surface area contributed by atoms with Crippen molar-refractivity contribution in [1.82, 2.24) is 15.1 Å². The molecule has 6 heteroatoms. The fraction of sp³-hybridized carbons (Fsp3) is 0.649. The molecule has 2 amide bonds. The summed E-state index contributed by atoms with van der Waals surface area (Å²) in [5.74, 6) is 1.42. The molecule has 2 N–H and O–H groups in total. The average Bonchev–Trinajstić information content (AvgIpc) is 2.98. The zero-order chi connectivity index (χ0) is 31.0. The van der Waals surface area contributed by atoms with Crippen LogP contribution in [0.2, 0.25) is 5.04 Å². The van der Waals surface area contributed by atoms with Crippen molar-refractivity contribution in [2.24, 2.45) is 28.6 Å². The van der Waals surface area contributed by atoms with Gasteiger partial charge < -0.3 is 19.9 Å². The summed E-state index contributed by atoms with van der Waals surface area (Å²) in [6, 6.07) is 21.2. The maximum absolute atomic E-state index is 13.6. The van der Waals surface area contributed by atoms with E-state index >= 15 is 0 Å². The molecular weight excluding hydrogens is 547 g/mol. The molecule has 3 aliphatic rings. The third kappa shape index (κ3) is 6.09. The van der Waals surface area contributed by atoms with Crippen molar-refractivity contribution >= 4 is 24.7 Å². The smallest absolute Gasteiger partial charge is 0.317 e. The van der Waals surface area contributed by atoms with Crippen molar-refractivity contribution in [2.45, 2.75) is 91.1 Å². The predicted octanol–water partition coefficient (Wildman–Crippen LogP) is 6.11. The number of fused-ring (bicyclic) bond motifs is 1. The summed E-state index contributed by atoms with van der Waals surface area (Å²) in [6.45, 7) is 18.0. The van der Waals surface area contributed by atoms with Crippen molar-refractivity contribution in [3.8, 4) is 0 Å². The minimum atomic E-state index is -3.08. The quantitative estimate of drug-likeness (QED) is 0.376. The van der Waals surface area contributed by atoms with E-state index in [1.54, 1.807) is 0 Å². The molecule has 0 radical (unpaired) electrons. The second kappa shape index (κ2) is 12.3. The molecule has 1 saturated heterocycles. The third-order valence-corrected chi connectivity index (χ3v) is 17.0. The van der Waals surface area contributed by atoms with E-state index in [0.29, 0.717) is 17.8 Å². The van der Waals surface area contributed by atoms with Crippen LogP contribution in [0.1, 0.15) is 80.1 Å². The molecule has 236 valence electrons. The summed E-state index contributed by atoms with van der Waals surface area (Å²) < 4.78 is 0. The highest BCUT2D eigenvalue weighted by Crippen LogP contribution is 2.62. The topological polar surface area (TPSA) is 55.8 Å². The molecule has 5 nitrogen and oxygen atoms in total. The van der Waals surface area contributed by atoms with Crippen LogP contribution in [-0.4, -0.2) is 68.2 Å². The van der Waals surface area contributed by atoms with Crippen LogP contribution in [0.5, 0.6) is 0 Å². The monoisotopic (exact) mass is 603 g/mol. The number of nitrogens with zero attached hydrogens (tertiary/aromatic N) is 2. The Labute approximate surface area is 262 Å². The summed E-state index contributed by atoms with van der Waals surface area (Å²) >= 11 is 0. The van der Waals surface area contributed by atoms with E-state index < -0.39 is 8.32 Å². The van der Waals surface area contributed by atoms with E-state index in [1.807, 2.05) is 17.0 Å². The normalized spacial score (nSPS) is 30.0. The number of amides is 2. The number of carbonyl (C=O) groups is 1. The fourth-order valence-corrected chi connectivity index (χ4v) is 13.3. The first-order valence-corrected chi connectivity index (χ1v) is 18.8. The Balaban J connectivity index is 1.43. The van der Waals surface area contributed by atoms with Gasteiger partial charge in [0.15, 0.2) is 0 Å². The van der Waals surface area contributed by atoms with Crippen LogP contribution in [0.25, 0.3) is 0 Å². The van der Waals surface area contributed by atoms with Gasteiger partial charge in [0.1, 0.15) is 0 Å². The van der Waals surface area contributed by atoms with Gasteiger partial charge in [-0.25, -0.2) is 4.79 Å². The molecule has 2 aliphatic carbocycles. The minimum absolute atomic E-state index is 0.121. The van der Waals surface area contributed by atoms with Gasteiger partial charge in [0.25, 0.3) is 8.32 Å². The van der Waals surface area contributed by atoms with Gasteiger partial charge in [-0.15, -0.1) is 0 Å². The summed E-state index contributed by atoms with van der Waals surface area (Å²) in [5.41, 5.74) is 0.479. The Morgan fingerprint density at radius 2 is 1.51 bits per heavy atom. The average molecular weight is 604 g/mol. The van der Waals surface area contributed by atoms with Crippen LogP contribution in [0.3, 0.4) is 0 Å². The van der Waals surface area contributed by atoms with E-state index in [2.05, 4.69) is 107 Å². The Bertz CT molecular complexity index is 1190. The molecule has 0 aromatic heterocycles. The van der Waals surface area contributed by atoms with Gasteiger partial charge in [-0.1, -0.05) is 109 Å². The largest absolute Gasteiger partial charge is 0.424 e. The van der Waals surface area contributed by atoms with Crippen molar-refractivity contribution in [2.75, 3.05) is 33.2 Å². The molecule has 0 spiro atoms. The zero-order valence-electron chi connectivity index (χ0n) is 27.9. The Kier molecular flexibility index (Phi) is 9.24. The number of rotatable bonds is 7. The number of likely N-dealkylation sites (N-methyl/N-ethyl adjacent to an activating group) is 1. The van der Waals surface area contributed by atoms with E-state index in [-0.39, 0.29) is 27.9 Å². The predicted molar refractivity (Wildman–Crippen MR) is 181 cm³/mol. The van der Waals surface area contributed by atoms with Gasteiger partial charge in [0, 0.05) is 32.2 Å². The lowest BCUT2D eigenvalue weighted by atomic mass is 9.45. The summed E-state index contributed by atoms with van der Waals surface area (Å²) in [5, 5.41) is 5.47. The number of benzene rings is 2. The van der Waals surface area contributed by atoms with E-state index in [4.69, 9.17) is 0 Å². The molecule has 0 bridgehead atoms. The maximum Gasteiger partial charge on any atom is 0.317 e. The molecule has 43 heavy (non-hydrogen) atoms. The second-order valence-corrected chi connectivity index (χ2v) is 19.7. The van der Waals surface area contributed by atoms with Gasteiger partial charge in [0.05, 0.1) is 0 Å². The Morgan fingerprint density at radius 1 is 0.953 bits per heavy atom. The Morgan fingerprint density at radius 3 is 2.07 bits per heavy atom. The number of hydrogen-bond donors (Lipinski definition) is 2. The molecule has 1 heterocycles. The van der Waals surface area contributed by atoms with E-state index in [1.165, 1.54) is 19.3 Å². The lowest BCUT2D eigenvalue weighted by Crippen LogP contribution is -2.65. The van der Waals surface area contributed by atoms with Gasteiger partial charge in [-0.05, 0) is 83.1 Å². The summed E-state index contributed by atoms with van der Waals surface area (Å²) in [7, 11) is -0.949. The fourth-order valence-electron chi connectivity index (χ4n) is 9.59. The van der Waals surface area contributed by atoms with Crippen LogP contribution in [0, 0.1) is 28.6 Å². The second-order valence-electron chi connectivity index (χ2n) is 15.8. The molecule has 2 aromatic carbocycles. The van der Waals surface area contributed by atoms with Crippen molar-refractivity contribution in [3.63, 3.8) is 0 Å². The molecule has 2 aromatic rings. The molecule has 1 aliphatic heterocycles. The summed E-state index contributed by atoms with van der Waals surface area (Å²) in [6.07, 6.45) is 6.88. The number of piperazine rings is 1. The first-order valence-electron chi connectivity index (χ1n) is 16.9. The van der Waals surface area contributed by atoms with Gasteiger partial charge in [0.2, 0.25) is 0 Å². The highest BCUT2D eigenvalue weighted by Gasteiger charge is 2.57. The highest BCUT2D eigenvalue weighted by atomic mass is 28.4. The first-order chi connectivity index (χ1) is 20.3. The van der Waals surface area contributed by atoms with E-state index in [9.17, 15) is 9.59 Å². The van der Waals surface area contributed by atoms with Gasteiger partial charge in [-0.2, -0.15) is 0 Å². The van der Waals surface area contributed by atoms with Crippen LogP contribution >= 0.6 is 0 Å². The number of carbonyl (C=O) groups excluding carboxylic acids is 1. The number of urea groups is 1. The lowest BCUT2D eigenvalue weighted by molar-refractivity contribution is -0.108. The van der Waals surface area contributed by atoms with Crippen molar-refractivity contribution < 1.29 is 9.59 Å². The molecule has 3 fully saturated rings. The van der Waals surface area contributed by atoms with Crippen LogP contribution in [0.4, 0.5) is 4.79 Å². The zero-order valence-corrected chi connectivity index (χ0v) is 28.9. The standard InChI is InChI=1S/C37H57N3O2Si/c1-28-31(19-22-36(4,5)43(42,29-15-10-8-11-16-29)30-17-12-9-13-18-30)37(6)21-14-20-35(2,3)33(37)27-32(28)38-34(41)40-25-23-39(7)24-26-40/h8-13,15-18,28,31-33,42H,14,19-27H2,1-7H3,(H,38,41)/t28-,31-,32+,33?,37+/m0/s1. The van der Waals surface area contributed by atoms with E-state index in [0.717, 1.165) is 55.8 Å². The SMILES string of the molecule is C[C@@H]1[C@H](NC(=O)N2CCN(C)CC2)CC2C(C)(C)CCC[C@]2(C)[C@H]1CCC(C)(C)[Si](O)(c1ccccc1)c1ccccc1. The van der Waals surface area contributed by atoms with Crippen LogP contribution < -0.4 is 15.7 Å². The molecule has 2 saturated carbocycles. The maximum atomic E-state index is 13.6. The number of hydrogen-bond acceptors (Lipinski definition) is 3. The van der Waals surface area contributed by atoms with Crippen LogP contribution in [0.15, 0.2) is 60.7 Å². The molecule has 5 rings (SSSR count).